The zero-order valence-corrected chi connectivity index (χ0v) is 18.9. The second-order valence-electron chi connectivity index (χ2n) is 7.73. The summed E-state index contributed by atoms with van der Waals surface area (Å²) in [6.45, 7) is 3.45. The molecule has 0 spiro atoms. The third kappa shape index (κ3) is 6.70. The van der Waals surface area contributed by atoms with E-state index in [1.807, 2.05) is 55.5 Å². The average Bonchev–Trinajstić information content (AvgIpc) is 2.77. The van der Waals surface area contributed by atoms with Gasteiger partial charge in [0, 0.05) is 19.0 Å². The van der Waals surface area contributed by atoms with Crippen LogP contribution in [0, 0.1) is 12.8 Å². The standard InChI is InChI=1S/C23H30N2O5S/c1-18-4-3-5-19(16-18)17-31(27,28)25-13-10-20(11-14-25)23(26)24-12-15-30-22-8-6-21(29-2)7-9-22/h3-9,16,20H,10-15,17H2,1-2H3,(H,24,26). The predicted molar refractivity (Wildman–Crippen MR) is 120 cm³/mol. The van der Waals surface area contributed by atoms with Gasteiger partial charge in [-0.1, -0.05) is 29.8 Å². The molecule has 1 amide bonds. The molecule has 0 aliphatic carbocycles. The maximum Gasteiger partial charge on any atom is 0.223 e. The summed E-state index contributed by atoms with van der Waals surface area (Å²) < 4.78 is 37.7. The van der Waals surface area contributed by atoms with Crippen LogP contribution in [0.3, 0.4) is 0 Å². The van der Waals surface area contributed by atoms with Gasteiger partial charge in [-0.15, -0.1) is 0 Å². The molecule has 0 radical (unpaired) electrons. The van der Waals surface area contributed by atoms with E-state index in [2.05, 4.69) is 5.32 Å². The highest BCUT2D eigenvalue weighted by Gasteiger charge is 2.31. The van der Waals surface area contributed by atoms with Crippen LogP contribution in [-0.2, 0) is 20.6 Å². The maximum atomic E-state index is 12.7. The van der Waals surface area contributed by atoms with Crippen molar-refractivity contribution in [2.45, 2.75) is 25.5 Å². The Morgan fingerprint density at radius 2 is 1.77 bits per heavy atom. The van der Waals surface area contributed by atoms with Crippen LogP contribution in [0.2, 0.25) is 0 Å². The first kappa shape index (κ1) is 23.1. The molecule has 3 rings (SSSR count). The Bertz CT molecular complexity index is 968. The Labute approximate surface area is 184 Å². The molecule has 2 aromatic rings. The number of methoxy groups -OCH3 is 1. The zero-order valence-electron chi connectivity index (χ0n) is 18.0. The molecule has 0 aromatic heterocycles. The molecule has 1 N–H and O–H groups in total. The number of carbonyl (C=O) groups is 1. The lowest BCUT2D eigenvalue weighted by Crippen LogP contribution is -2.43. The average molecular weight is 447 g/mol. The van der Waals surface area contributed by atoms with Crippen molar-refractivity contribution in [3.05, 3.63) is 59.7 Å². The highest BCUT2D eigenvalue weighted by atomic mass is 32.2. The number of ether oxygens (including phenoxy) is 2. The Balaban J connectivity index is 1.39. The first-order valence-corrected chi connectivity index (χ1v) is 12.1. The van der Waals surface area contributed by atoms with Gasteiger partial charge < -0.3 is 14.8 Å². The zero-order chi connectivity index (χ0) is 22.3. The number of hydrogen-bond donors (Lipinski definition) is 1. The van der Waals surface area contributed by atoms with Crippen molar-refractivity contribution in [1.82, 2.24) is 9.62 Å². The lowest BCUT2D eigenvalue weighted by atomic mass is 9.97. The van der Waals surface area contributed by atoms with Crippen LogP contribution in [0.25, 0.3) is 0 Å². The topological polar surface area (TPSA) is 84.9 Å². The number of nitrogens with one attached hydrogen (secondary N) is 1. The number of amides is 1. The van der Waals surface area contributed by atoms with E-state index < -0.39 is 10.0 Å². The van der Waals surface area contributed by atoms with Gasteiger partial charge in [0.2, 0.25) is 15.9 Å². The van der Waals surface area contributed by atoms with E-state index >= 15 is 0 Å². The van der Waals surface area contributed by atoms with Gasteiger partial charge >= 0.3 is 0 Å². The fraction of sp³-hybridized carbons (Fsp3) is 0.435. The molecule has 2 aromatic carbocycles. The van der Waals surface area contributed by atoms with Crippen LogP contribution in [0.4, 0.5) is 0 Å². The summed E-state index contributed by atoms with van der Waals surface area (Å²) in [6.07, 6.45) is 1.05. The summed E-state index contributed by atoms with van der Waals surface area (Å²) in [5, 5.41) is 2.89. The molecule has 1 saturated heterocycles. The van der Waals surface area contributed by atoms with Crippen molar-refractivity contribution in [3.8, 4) is 11.5 Å². The number of benzene rings is 2. The molecule has 0 atom stereocenters. The van der Waals surface area contributed by atoms with E-state index in [-0.39, 0.29) is 17.6 Å². The van der Waals surface area contributed by atoms with Crippen molar-refractivity contribution in [2.75, 3.05) is 33.4 Å². The molecule has 31 heavy (non-hydrogen) atoms. The third-order valence-corrected chi connectivity index (χ3v) is 7.23. The normalized spacial score (nSPS) is 15.4. The van der Waals surface area contributed by atoms with Gasteiger partial charge in [0.25, 0.3) is 0 Å². The summed E-state index contributed by atoms with van der Waals surface area (Å²) in [6, 6.07) is 14.8. The van der Waals surface area contributed by atoms with Crippen molar-refractivity contribution >= 4 is 15.9 Å². The van der Waals surface area contributed by atoms with E-state index in [0.717, 1.165) is 16.9 Å². The molecule has 1 heterocycles. The van der Waals surface area contributed by atoms with Gasteiger partial charge in [0.15, 0.2) is 0 Å². The molecule has 0 saturated carbocycles. The summed E-state index contributed by atoms with van der Waals surface area (Å²) in [7, 11) is -1.78. The van der Waals surface area contributed by atoms with E-state index in [9.17, 15) is 13.2 Å². The van der Waals surface area contributed by atoms with E-state index in [1.165, 1.54) is 4.31 Å². The van der Waals surface area contributed by atoms with Gasteiger partial charge in [-0.3, -0.25) is 4.79 Å². The fourth-order valence-corrected chi connectivity index (χ4v) is 5.21. The molecule has 168 valence electrons. The van der Waals surface area contributed by atoms with Crippen LogP contribution in [0.5, 0.6) is 11.5 Å². The number of carbonyl (C=O) groups excluding carboxylic acids is 1. The molecule has 8 heteroatoms. The highest BCUT2D eigenvalue weighted by Crippen LogP contribution is 2.22. The minimum Gasteiger partial charge on any atom is -0.497 e. The second-order valence-corrected chi connectivity index (χ2v) is 9.70. The largest absolute Gasteiger partial charge is 0.497 e. The Morgan fingerprint density at radius 1 is 1.10 bits per heavy atom. The summed E-state index contributed by atoms with van der Waals surface area (Å²) in [4.78, 5) is 12.4. The van der Waals surface area contributed by atoms with Crippen LogP contribution >= 0.6 is 0 Å². The maximum absolute atomic E-state index is 12.7. The number of nitrogens with zero attached hydrogens (tertiary/aromatic N) is 1. The van der Waals surface area contributed by atoms with Crippen molar-refractivity contribution in [1.29, 1.82) is 0 Å². The van der Waals surface area contributed by atoms with Gasteiger partial charge in [-0.05, 0) is 49.6 Å². The Kier molecular flexibility index (Phi) is 7.92. The minimum atomic E-state index is -3.39. The summed E-state index contributed by atoms with van der Waals surface area (Å²) >= 11 is 0. The molecule has 1 aliphatic heterocycles. The monoisotopic (exact) mass is 446 g/mol. The molecule has 7 nitrogen and oxygen atoms in total. The number of piperidine rings is 1. The van der Waals surface area contributed by atoms with Crippen molar-refractivity contribution in [2.24, 2.45) is 5.92 Å². The van der Waals surface area contributed by atoms with Crippen molar-refractivity contribution < 1.29 is 22.7 Å². The fourth-order valence-electron chi connectivity index (χ4n) is 3.66. The Morgan fingerprint density at radius 3 is 2.42 bits per heavy atom. The number of hydrogen-bond acceptors (Lipinski definition) is 5. The summed E-state index contributed by atoms with van der Waals surface area (Å²) in [5.41, 5.74) is 1.83. The highest BCUT2D eigenvalue weighted by molar-refractivity contribution is 7.88. The van der Waals surface area contributed by atoms with E-state index in [4.69, 9.17) is 9.47 Å². The van der Waals surface area contributed by atoms with E-state index in [1.54, 1.807) is 7.11 Å². The third-order valence-electron chi connectivity index (χ3n) is 5.38. The SMILES string of the molecule is COc1ccc(OCCNC(=O)C2CCN(S(=O)(=O)Cc3cccc(C)c3)CC2)cc1. The second kappa shape index (κ2) is 10.6. The lowest BCUT2D eigenvalue weighted by molar-refractivity contribution is -0.126. The molecule has 1 fully saturated rings. The van der Waals surface area contributed by atoms with Gasteiger partial charge in [0.05, 0.1) is 19.4 Å². The van der Waals surface area contributed by atoms with Crippen LogP contribution in [-0.4, -0.2) is 52.0 Å². The predicted octanol–water partition coefficient (Wildman–Crippen LogP) is 2.74. The minimum absolute atomic E-state index is 0.00571. The van der Waals surface area contributed by atoms with Crippen LogP contribution < -0.4 is 14.8 Å². The summed E-state index contributed by atoms with van der Waals surface area (Å²) in [5.74, 6) is 1.24. The van der Waals surface area contributed by atoms with Gasteiger partial charge in [-0.25, -0.2) is 12.7 Å². The first-order valence-electron chi connectivity index (χ1n) is 10.5. The number of sulfonamides is 1. The lowest BCUT2D eigenvalue weighted by Gasteiger charge is -2.30. The molecule has 0 bridgehead atoms. The number of rotatable bonds is 9. The Hall–Kier alpha value is -2.58. The van der Waals surface area contributed by atoms with Crippen LogP contribution in [0.15, 0.2) is 48.5 Å². The van der Waals surface area contributed by atoms with Gasteiger partial charge in [0.1, 0.15) is 18.1 Å². The van der Waals surface area contributed by atoms with E-state index in [0.29, 0.717) is 44.8 Å². The number of aryl methyl sites for hydroxylation is 1. The molecule has 0 unspecified atom stereocenters. The quantitative estimate of drug-likeness (QED) is 0.599. The molecular weight excluding hydrogens is 416 g/mol. The van der Waals surface area contributed by atoms with Gasteiger partial charge in [-0.2, -0.15) is 0 Å². The molecule has 1 aliphatic rings. The van der Waals surface area contributed by atoms with Crippen molar-refractivity contribution in [3.63, 3.8) is 0 Å². The van der Waals surface area contributed by atoms with Crippen LogP contribution in [0.1, 0.15) is 24.0 Å². The molecular formula is C23H30N2O5S. The smallest absolute Gasteiger partial charge is 0.223 e. The first-order chi connectivity index (χ1) is 14.9.